The summed E-state index contributed by atoms with van der Waals surface area (Å²) in [5.41, 5.74) is 5.07. The van der Waals surface area contributed by atoms with Gasteiger partial charge in [-0.3, -0.25) is 4.98 Å². The average molecular weight is 361 g/mol. The number of hydrogen-bond donors (Lipinski definition) is 1. The van der Waals surface area contributed by atoms with Crippen molar-refractivity contribution in [2.45, 2.75) is 52.4 Å². The van der Waals surface area contributed by atoms with E-state index in [1.165, 1.54) is 5.56 Å². The lowest BCUT2D eigenvalue weighted by Crippen LogP contribution is -2.17. The number of aromatic hydroxyl groups is 1. The van der Waals surface area contributed by atoms with Gasteiger partial charge in [0.2, 0.25) is 0 Å². The first-order valence-corrected chi connectivity index (χ1v) is 9.34. The van der Waals surface area contributed by atoms with Crippen LogP contribution < -0.4 is 0 Å². The number of benzene rings is 1. The Morgan fingerprint density at radius 2 is 1.41 bits per heavy atom. The van der Waals surface area contributed by atoms with Crippen LogP contribution in [0.1, 0.15) is 52.7 Å². The molecule has 3 heteroatoms. The normalized spacial score (nSPS) is 12.2. The fourth-order valence-corrected chi connectivity index (χ4v) is 3.08. The van der Waals surface area contributed by atoms with Crippen molar-refractivity contribution >= 4 is 0 Å². The molecule has 0 aliphatic heterocycles. The fourth-order valence-electron chi connectivity index (χ4n) is 3.08. The number of phenols is 1. The van der Waals surface area contributed by atoms with Gasteiger partial charge >= 0.3 is 0 Å². The van der Waals surface area contributed by atoms with Crippen molar-refractivity contribution in [2.24, 2.45) is 0 Å². The number of phenolic OH excluding ortho intramolecular Hbond substituents is 1. The number of aromatic nitrogens is 2. The summed E-state index contributed by atoms with van der Waals surface area (Å²) in [7, 11) is 0. The van der Waals surface area contributed by atoms with Crippen LogP contribution in [0, 0.1) is 0 Å². The molecule has 0 unspecified atom stereocenters. The van der Waals surface area contributed by atoms with Gasteiger partial charge in [0.1, 0.15) is 5.75 Å². The van der Waals surface area contributed by atoms with E-state index in [1.54, 1.807) is 6.20 Å². The average Bonchev–Trinajstić information content (AvgIpc) is 2.61. The molecule has 0 spiro atoms. The van der Waals surface area contributed by atoms with Gasteiger partial charge in [-0.1, -0.05) is 59.7 Å². The molecule has 0 aliphatic carbocycles. The van der Waals surface area contributed by atoms with Gasteiger partial charge in [-0.15, -0.1) is 0 Å². The fraction of sp³-hybridized carbons (Fsp3) is 0.333. The Bertz CT molecular complexity index is 948. The maximum absolute atomic E-state index is 11.1. The van der Waals surface area contributed by atoms with Crippen molar-refractivity contribution in [3.05, 3.63) is 65.9 Å². The van der Waals surface area contributed by atoms with Gasteiger partial charge in [0.05, 0.1) is 17.1 Å². The molecule has 0 aliphatic rings. The first-order valence-electron chi connectivity index (χ1n) is 9.34. The van der Waals surface area contributed by atoms with Crippen molar-refractivity contribution in [3.8, 4) is 28.4 Å². The standard InChI is InChI=1S/C24H28N2O/c1-23(2,3)16-14-17(22(27)18(15-16)24(4,5)6)19-11-9-12-21(26-19)20-10-7-8-13-25-20/h7-15,27H,1-6H3. The lowest BCUT2D eigenvalue weighted by atomic mass is 9.78. The highest BCUT2D eigenvalue weighted by atomic mass is 16.3. The minimum Gasteiger partial charge on any atom is -0.507 e. The zero-order valence-electron chi connectivity index (χ0n) is 17.0. The minimum atomic E-state index is -0.168. The molecule has 0 saturated heterocycles. The summed E-state index contributed by atoms with van der Waals surface area (Å²) in [5, 5.41) is 11.1. The first-order chi connectivity index (χ1) is 12.6. The molecule has 1 N–H and O–H groups in total. The van der Waals surface area contributed by atoms with Crippen molar-refractivity contribution in [2.75, 3.05) is 0 Å². The summed E-state index contributed by atoms with van der Waals surface area (Å²) in [5.74, 6) is 0.307. The van der Waals surface area contributed by atoms with E-state index < -0.39 is 0 Å². The first kappa shape index (κ1) is 19.1. The molecule has 140 valence electrons. The summed E-state index contributed by atoms with van der Waals surface area (Å²) >= 11 is 0. The van der Waals surface area contributed by atoms with Gasteiger partial charge in [-0.2, -0.15) is 0 Å². The maximum atomic E-state index is 11.1. The van der Waals surface area contributed by atoms with Crippen LogP contribution >= 0.6 is 0 Å². The van der Waals surface area contributed by atoms with Crippen LogP contribution in [-0.2, 0) is 10.8 Å². The quantitative estimate of drug-likeness (QED) is 0.599. The molecular formula is C24H28N2O. The van der Waals surface area contributed by atoms with Crippen molar-refractivity contribution in [1.82, 2.24) is 9.97 Å². The molecule has 3 aromatic rings. The molecule has 2 heterocycles. The molecule has 0 amide bonds. The van der Waals surface area contributed by atoms with Crippen LogP contribution in [0.4, 0.5) is 0 Å². The van der Waals surface area contributed by atoms with Gasteiger partial charge in [0, 0.05) is 17.3 Å². The number of hydrogen-bond acceptors (Lipinski definition) is 3. The summed E-state index contributed by atoms with van der Waals surface area (Å²) in [6.07, 6.45) is 1.76. The highest BCUT2D eigenvalue weighted by Crippen LogP contribution is 2.41. The molecule has 0 saturated carbocycles. The third kappa shape index (κ3) is 4.02. The van der Waals surface area contributed by atoms with Crippen LogP contribution in [0.2, 0.25) is 0 Å². The molecule has 0 radical (unpaired) electrons. The predicted molar refractivity (Wildman–Crippen MR) is 112 cm³/mol. The Kier molecular flexibility index (Phi) is 4.81. The maximum Gasteiger partial charge on any atom is 0.128 e. The lowest BCUT2D eigenvalue weighted by molar-refractivity contribution is 0.446. The number of rotatable bonds is 2. The highest BCUT2D eigenvalue weighted by Gasteiger charge is 2.25. The molecule has 0 bridgehead atoms. The second kappa shape index (κ2) is 6.80. The summed E-state index contributed by atoms with van der Waals surface area (Å²) in [4.78, 5) is 9.19. The lowest BCUT2D eigenvalue weighted by Gasteiger charge is -2.27. The van der Waals surface area contributed by atoms with Crippen molar-refractivity contribution in [1.29, 1.82) is 0 Å². The largest absolute Gasteiger partial charge is 0.507 e. The van der Waals surface area contributed by atoms with Crippen molar-refractivity contribution < 1.29 is 5.11 Å². The van der Waals surface area contributed by atoms with E-state index in [1.807, 2.05) is 36.4 Å². The van der Waals surface area contributed by atoms with E-state index in [2.05, 4.69) is 58.7 Å². The van der Waals surface area contributed by atoms with E-state index in [0.29, 0.717) is 5.75 Å². The predicted octanol–water partition coefficient (Wildman–Crippen LogP) is 6.11. The van der Waals surface area contributed by atoms with Gasteiger partial charge in [-0.25, -0.2) is 4.98 Å². The van der Waals surface area contributed by atoms with Crippen LogP contribution in [0.5, 0.6) is 5.75 Å². The molecule has 2 aromatic heterocycles. The second-order valence-electron chi connectivity index (χ2n) is 9.04. The summed E-state index contributed by atoms with van der Waals surface area (Å²) in [6.45, 7) is 12.9. The summed E-state index contributed by atoms with van der Waals surface area (Å²) in [6, 6.07) is 15.8. The SMILES string of the molecule is CC(C)(C)c1cc(-c2cccc(-c3ccccn3)n2)c(O)c(C(C)(C)C)c1. The Morgan fingerprint density at radius 3 is 2.00 bits per heavy atom. The molecule has 3 nitrogen and oxygen atoms in total. The van der Waals surface area contributed by atoms with Crippen LogP contribution in [0.25, 0.3) is 22.6 Å². The van der Waals surface area contributed by atoms with Gasteiger partial charge < -0.3 is 5.11 Å². The Labute approximate surface area is 162 Å². The smallest absolute Gasteiger partial charge is 0.128 e. The van der Waals surface area contributed by atoms with Crippen LogP contribution in [0.3, 0.4) is 0 Å². The third-order valence-corrected chi connectivity index (χ3v) is 4.74. The topological polar surface area (TPSA) is 46.0 Å². The molecule has 1 aromatic carbocycles. The van der Waals surface area contributed by atoms with Crippen molar-refractivity contribution in [3.63, 3.8) is 0 Å². The Hall–Kier alpha value is -2.68. The minimum absolute atomic E-state index is 0.0267. The highest BCUT2D eigenvalue weighted by molar-refractivity contribution is 5.73. The third-order valence-electron chi connectivity index (χ3n) is 4.74. The molecule has 0 atom stereocenters. The molecule has 3 rings (SSSR count). The molecule has 27 heavy (non-hydrogen) atoms. The number of nitrogens with zero attached hydrogens (tertiary/aromatic N) is 2. The van der Waals surface area contributed by atoms with E-state index in [9.17, 15) is 5.11 Å². The number of pyridine rings is 2. The zero-order valence-corrected chi connectivity index (χ0v) is 17.0. The zero-order chi connectivity index (χ0) is 19.8. The Balaban J connectivity index is 2.22. The van der Waals surface area contributed by atoms with E-state index in [-0.39, 0.29) is 10.8 Å². The Morgan fingerprint density at radius 1 is 0.741 bits per heavy atom. The van der Waals surface area contributed by atoms with Crippen LogP contribution in [-0.4, -0.2) is 15.1 Å². The van der Waals surface area contributed by atoms with Gasteiger partial charge in [0.15, 0.2) is 0 Å². The molecule has 0 fully saturated rings. The van der Waals surface area contributed by atoms with Crippen LogP contribution in [0.15, 0.2) is 54.7 Å². The monoisotopic (exact) mass is 360 g/mol. The van der Waals surface area contributed by atoms with E-state index >= 15 is 0 Å². The second-order valence-corrected chi connectivity index (χ2v) is 9.04. The molecular weight excluding hydrogens is 332 g/mol. The summed E-state index contributed by atoms with van der Waals surface area (Å²) < 4.78 is 0. The van der Waals surface area contributed by atoms with E-state index in [0.717, 1.165) is 28.2 Å². The van der Waals surface area contributed by atoms with E-state index in [4.69, 9.17) is 4.98 Å². The van der Waals surface area contributed by atoms with Gasteiger partial charge in [-0.05, 0) is 46.7 Å². The van der Waals surface area contributed by atoms with Gasteiger partial charge in [0.25, 0.3) is 0 Å².